The molecule has 1 heterocycles. The van der Waals surface area contributed by atoms with E-state index in [-0.39, 0.29) is 5.56 Å². The van der Waals surface area contributed by atoms with Crippen LogP contribution in [0.2, 0.25) is 5.02 Å². The molecule has 66 valence electrons. The molecular formula is C9H7ClN2O. The SMILES string of the molecule is Cn1c(=O)cnc2cc(Cl)ccc21. The lowest BCUT2D eigenvalue weighted by Gasteiger charge is -2.02. The summed E-state index contributed by atoms with van der Waals surface area (Å²) in [6, 6.07) is 5.26. The van der Waals surface area contributed by atoms with E-state index in [0.29, 0.717) is 5.02 Å². The minimum Gasteiger partial charge on any atom is -0.309 e. The van der Waals surface area contributed by atoms with E-state index in [1.807, 2.05) is 0 Å². The van der Waals surface area contributed by atoms with Crippen molar-refractivity contribution in [2.24, 2.45) is 7.05 Å². The van der Waals surface area contributed by atoms with E-state index in [1.54, 1.807) is 29.8 Å². The van der Waals surface area contributed by atoms with Crippen molar-refractivity contribution >= 4 is 22.6 Å². The molecular weight excluding hydrogens is 188 g/mol. The molecule has 2 rings (SSSR count). The Morgan fingerprint density at radius 3 is 3.00 bits per heavy atom. The van der Waals surface area contributed by atoms with Crippen molar-refractivity contribution in [1.82, 2.24) is 9.55 Å². The van der Waals surface area contributed by atoms with Crippen LogP contribution in [0, 0.1) is 0 Å². The molecule has 2 aromatic rings. The summed E-state index contributed by atoms with van der Waals surface area (Å²) in [5, 5.41) is 0.624. The van der Waals surface area contributed by atoms with Crippen molar-refractivity contribution in [1.29, 1.82) is 0 Å². The van der Waals surface area contributed by atoms with Crippen molar-refractivity contribution in [3.8, 4) is 0 Å². The van der Waals surface area contributed by atoms with Crippen LogP contribution in [0.5, 0.6) is 0 Å². The molecule has 0 fully saturated rings. The quantitative estimate of drug-likeness (QED) is 0.639. The maximum absolute atomic E-state index is 11.2. The lowest BCUT2D eigenvalue weighted by atomic mass is 10.3. The molecule has 0 aliphatic rings. The molecule has 13 heavy (non-hydrogen) atoms. The molecule has 1 aromatic heterocycles. The lowest BCUT2D eigenvalue weighted by molar-refractivity contribution is 0.892. The molecule has 0 spiro atoms. The summed E-state index contributed by atoms with van der Waals surface area (Å²) in [7, 11) is 1.71. The number of hydrogen-bond donors (Lipinski definition) is 0. The van der Waals surface area contributed by atoms with Gasteiger partial charge in [0.2, 0.25) is 0 Å². The summed E-state index contributed by atoms with van der Waals surface area (Å²) in [5.41, 5.74) is 1.40. The molecule has 1 aromatic carbocycles. The zero-order chi connectivity index (χ0) is 9.42. The molecule has 0 saturated heterocycles. The zero-order valence-corrected chi connectivity index (χ0v) is 7.75. The van der Waals surface area contributed by atoms with Gasteiger partial charge < -0.3 is 4.57 Å². The van der Waals surface area contributed by atoms with Crippen molar-refractivity contribution < 1.29 is 0 Å². The lowest BCUT2D eigenvalue weighted by Crippen LogP contribution is -2.16. The monoisotopic (exact) mass is 194 g/mol. The van der Waals surface area contributed by atoms with Gasteiger partial charge in [0.25, 0.3) is 5.56 Å². The van der Waals surface area contributed by atoms with Gasteiger partial charge in [-0.2, -0.15) is 0 Å². The van der Waals surface area contributed by atoms with Gasteiger partial charge in [-0.1, -0.05) is 11.6 Å². The normalized spacial score (nSPS) is 10.6. The zero-order valence-electron chi connectivity index (χ0n) is 6.99. The predicted molar refractivity (Wildman–Crippen MR) is 52.0 cm³/mol. The van der Waals surface area contributed by atoms with Gasteiger partial charge in [-0.3, -0.25) is 4.79 Å². The number of fused-ring (bicyclic) bond motifs is 1. The van der Waals surface area contributed by atoms with E-state index in [9.17, 15) is 4.79 Å². The Bertz CT molecular complexity index is 518. The molecule has 4 heteroatoms. The number of benzene rings is 1. The van der Waals surface area contributed by atoms with Crippen LogP contribution < -0.4 is 5.56 Å². The number of aromatic nitrogens is 2. The highest BCUT2D eigenvalue weighted by Gasteiger charge is 1.99. The first-order chi connectivity index (χ1) is 6.18. The second kappa shape index (κ2) is 2.85. The van der Waals surface area contributed by atoms with Crippen LogP contribution >= 0.6 is 11.6 Å². The fourth-order valence-electron chi connectivity index (χ4n) is 1.21. The molecule has 0 radical (unpaired) electrons. The van der Waals surface area contributed by atoms with Crippen LogP contribution in [0.4, 0.5) is 0 Å². The smallest absolute Gasteiger partial charge is 0.269 e. The molecule has 0 N–H and O–H groups in total. The van der Waals surface area contributed by atoms with Gasteiger partial charge in [-0.25, -0.2) is 4.98 Å². The fourth-order valence-corrected chi connectivity index (χ4v) is 1.38. The molecule has 0 unspecified atom stereocenters. The molecule has 0 aliphatic carbocycles. The Labute approximate surface area is 79.6 Å². The number of halogens is 1. The summed E-state index contributed by atoms with van der Waals surface area (Å²) in [6.45, 7) is 0. The minimum atomic E-state index is -0.116. The predicted octanol–water partition coefficient (Wildman–Crippen LogP) is 1.59. The highest BCUT2D eigenvalue weighted by Crippen LogP contribution is 2.14. The van der Waals surface area contributed by atoms with E-state index < -0.39 is 0 Å². The molecule has 0 aliphatic heterocycles. The summed E-state index contributed by atoms with van der Waals surface area (Å²) in [4.78, 5) is 15.2. The van der Waals surface area contributed by atoms with E-state index in [2.05, 4.69) is 4.98 Å². The van der Waals surface area contributed by atoms with Gasteiger partial charge >= 0.3 is 0 Å². The first-order valence-electron chi connectivity index (χ1n) is 3.80. The average molecular weight is 195 g/mol. The van der Waals surface area contributed by atoms with E-state index in [4.69, 9.17) is 11.6 Å². The largest absolute Gasteiger partial charge is 0.309 e. The molecule has 0 amide bonds. The van der Waals surface area contributed by atoms with Gasteiger partial charge in [0.05, 0.1) is 17.2 Å². The first kappa shape index (κ1) is 8.26. The second-order valence-electron chi connectivity index (χ2n) is 2.79. The average Bonchev–Trinajstić information content (AvgIpc) is 2.12. The van der Waals surface area contributed by atoms with Crippen LogP contribution in [-0.4, -0.2) is 9.55 Å². The molecule has 0 atom stereocenters. The topological polar surface area (TPSA) is 34.9 Å². The fraction of sp³-hybridized carbons (Fsp3) is 0.111. The maximum Gasteiger partial charge on any atom is 0.269 e. The number of rotatable bonds is 0. The van der Waals surface area contributed by atoms with Crippen molar-refractivity contribution in [2.75, 3.05) is 0 Å². The highest BCUT2D eigenvalue weighted by molar-refractivity contribution is 6.31. The number of aryl methyl sites for hydroxylation is 1. The van der Waals surface area contributed by atoms with E-state index >= 15 is 0 Å². The van der Waals surface area contributed by atoms with Gasteiger partial charge in [0.15, 0.2) is 0 Å². The highest BCUT2D eigenvalue weighted by atomic mass is 35.5. The molecule has 3 nitrogen and oxygen atoms in total. The van der Waals surface area contributed by atoms with E-state index in [1.165, 1.54) is 6.20 Å². The maximum atomic E-state index is 11.2. The standard InChI is InChI=1S/C9H7ClN2O/c1-12-8-3-2-6(10)4-7(8)11-5-9(12)13/h2-5H,1H3. The first-order valence-corrected chi connectivity index (χ1v) is 4.17. The van der Waals surface area contributed by atoms with Crippen molar-refractivity contribution in [3.63, 3.8) is 0 Å². The third-order valence-electron chi connectivity index (χ3n) is 1.94. The van der Waals surface area contributed by atoms with Crippen LogP contribution in [0.15, 0.2) is 29.2 Å². The summed E-state index contributed by atoms with van der Waals surface area (Å²) in [5.74, 6) is 0. The third kappa shape index (κ3) is 1.31. The molecule has 0 bridgehead atoms. The van der Waals surface area contributed by atoms with Gasteiger partial charge in [-0.15, -0.1) is 0 Å². The van der Waals surface area contributed by atoms with Crippen LogP contribution in [0.1, 0.15) is 0 Å². The van der Waals surface area contributed by atoms with E-state index in [0.717, 1.165) is 11.0 Å². The third-order valence-corrected chi connectivity index (χ3v) is 2.18. The van der Waals surface area contributed by atoms with Crippen molar-refractivity contribution in [3.05, 3.63) is 39.8 Å². The summed E-state index contributed by atoms with van der Waals surface area (Å²) >= 11 is 5.78. The summed E-state index contributed by atoms with van der Waals surface area (Å²) in [6.07, 6.45) is 1.29. The van der Waals surface area contributed by atoms with Gasteiger partial charge in [0, 0.05) is 12.1 Å². The van der Waals surface area contributed by atoms with Crippen LogP contribution in [0.3, 0.4) is 0 Å². The Balaban J connectivity index is 2.95. The number of nitrogens with zero attached hydrogens (tertiary/aromatic N) is 2. The Morgan fingerprint density at radius 1 is 1.46 bits per heavy atom. The minimum absolute atomic E-state index is 0.116. The van der Waals surface area contributed by atoms with Gasteiger partial charge in [0.1, 0.15) is 0 Å². The molecule has 0 saturated carbocycles. The Kier molecular flexibility index (Phi) is 1.81. The Morgan fingerprint density at radius 2 is 2.23 bits per heavy atom. The second-order valence-corrected chi connectivity index (χ2v) is 3.22. The number of hydrogen-bond acceptors (Lipinski definition) is 2. The van der Waals surface area contributed by atoms with Crippen LogP contribution in [-0.2, 0) is 7.05 Å². The van der Waals surface area contributed by atoms with Gasteiger partial charge in [-0.05, 0) is 18.2 Å². The van der Waals surface area contributed by atoms with Crippen LogP contribution in [0.25, 0.3) is 11.0 Å². The summed E-state index contributed by atoms with van der Waals surface area (Å²) < 4.78 is 1.54. The Hall–Kier alpha value is -1.35. The van der Waals surface area contributed by atoms with Crippen molar-refractivity contribution in [2.45, 2.75) is 0 Å².